The van der Waals surface area contributed by atoms with Crippen LogP contribution in [0.4, 0.5) is 5.69 Å². The Hall–Kier alpha value is -1.20. The number of fused-ring (bicyclic) bond motifs is 1. The lowest BCUT2D eigenvalue weighted by molar-refractivity contribution is 0.830. The number of rotatable bonds is 0. The summed E-state index contributed by atoms with van der Waals surface area (Å²) in [7, 11) is 0. The number of nitriles is 1. The Morgan fingerprint density at radius 2 is 2.23 bits per heavy atom. The van der Waals surface area contributed by atoms with Crippen LogP contribution in [0.5, 0.6) is 0 Å². The average Bonchev–Trinajstić information content (AvgIpc) is 2.17. The highest BCUT2D eigenvalue weighted by Gasteiger charge is 2.07. The number of hydrogen-bond acceptors (Lipinski definition) is 2. The van der Waals surface area contributed by atoms with E-state index in [2.05, 4.69) is 11.4 Å². The van der Waals surface area contributed by atoms with Gasteiger partial charge in [-0.15, -0.1) is 12.4 Å². The van der Waals surface area contributed by atoms with Crippen LogP contribution in [0.25, 0.3) is 0 Å². The first-order valence-corrected chi connectivity index (χ1v) is 4.17. The Balaban J connectivity index is 0.000000845. The van der Waals surface area contributed by atoms with Gasteiger partial charge in [-0.3, -0.25) is 0 Å². The summed E-state index contributed by atoms with van der Waals surface area (Å²) in [5.74, 6) is 0. The molecular formula is C10H11ClN2. The van der Waals surface area contributed by atoms with Crippen molar-refractivity contribution in [1.82, 2.24) is 0 Å². The van der Waals surface area contributed by atoms with E-state index in [0.717, 1.165) is 24.2 Å². The fourth-order valence-electron chi connectivity index (χ4n) is 1.53. The van der Waals surface area contributed by atoms with Gasteiger partial charge in [0, 0.05) is 12.2 Å². The minimum Gasteiger partial charge on any atom is -0.385 e. The molecule has 68 valence electrons. The van der Waals surface area contributed by atoms with Crippen molar-refractivity contribution in [1.29, 1.82) is 5.26 Å². The third kappa shape index (κ3) is 1.93. The first-order valence-electron chi connectivity index (χ1n) is 4.17. The van der Waals surface area contributed by atoms with E-state index in [1.807, 2.05) is 18.2 Å². The average molecular weight is 195 g/mol. The molecule has 3 heteroatoms. The van der Waals surface area contributed by atoms with Gasteiger partial charge in [-0.25, -0.2) is 0 Å². The van der Waals surface area contributed by atoms with Gasteiger partial charge in [0.1, 0.15) is 0 Å². The van der Waals surface area contributed by atoms with Gasteiger partial charge in [-0.2, -0.15) is 5.26 Å². The Kier molecular flexibility index (Phi) is 3.16. The van der Waals surface area contributed by atoms with Crippen molar-refractivity contribution in [3.05, 3.63) is 29.3 Å². The molecule has 0 unspecified atom stereocenters. The molecule has 0 bridgehead atoms. The Morgan fingerprint density at radius 3 is 3.00 bits per heavy atom. The van der Waals surface area contributed by atoms with Gasteiger partial charge in [0.05, 0.1) is 11.6 Å². The van der Waals surface area contributed by atoms with E-state index in [-0.39, 0.29) is 12.4 Å². The maximum absolute atomic E-state index is 8.66. The molecule has 0 atom stereocenters. The summed E-state index contributed by atoms with van der Waals surface area (Å²) in [6.07, 6.45) is 2.33. The number of nitrogens with one attached hydrogen (secondary N) is 1. The quantitative estimate of drug-likeness (QED) is 0.688. The predicted octanol–water partition coefficient (Wildman–Crippen LogP) is 2.34. The molecule has 2 rings (SSSR count). The number of nitrogens with zero attached hydrogens (tertiary/aromatic N) is 1. The highest BCUT2D eigenvalue weighted by atomic mass is 35.5. The minimum atomic E-state index is 0. The van der Waals surface area contributed by atoms with Crippen molar-refractivity contribution in [2.75, 3.05) is 11.9 Å². The minimum absolute atomic E-state index is 0. The predicted molar refractivity (Wildman–Crippen MR) is 55.2 cm³/mol. The fraction of sp³-hybridized carbons (Fsp3) is 0.300. The summed E-state index contributed by atoms with van der Waals surface area (Å²) in [6.45, 7) is 1.03. The Morgan fingerprint density at radius 1 is 1.38 bits per heavy atom. The smallest absolute Gasteiger partial charge is 0.0992 e. The molecule has 2 nitrogen and oxygen atoms in total. The van der Waals surface area contributed by atoms with E-state index in [0.29, 0.717) is 0 Å². The topological polar surface area (TPSA) is 35.8 Å². The molecule has 0 amide bonds. The summed E-state index contributed by atoms with van der Waals surface area (Å²) in [6, 6.07) is 7.98. The molecule has 1 aliphatic heterocycles. The number of benzene rings is 1. The lowest BCUT2D eigenvalue weighted by Crippen LogP contribution is -2.11. The first-order chi connectivity index (χ1) is 5.90. The van der Waals surface area contributed by atoms with E-state index in [1.54, 1.807) is 0 Å². The summed E-state index contributed by atoms with van der Waals surface area (Å²) < 4.78 is 0. The summed E-state index contributed by atoms with van der Waals surface area (Å²) in [5, 5.41) is 11.9. The molecule has 1 aromatic rings. The molecule has 1 heterocycles. The van der Waals surface area contributed by atoms with Crippen LogP contribution in [-0.4, -0.2) is 6.54 Å². The van der Waals surface area contributed by atoms with Crippen LogP contribution in [-0.2, 0) is 6.42 Å². The lowest BCUT2D eigenvalue weighted by atomic mass is 10.0. The van der Waals surface area contributed by atoms with Gasteiger partial charge >= 0.3 is 0 Å². The molecule has 0 saturated heterocycles. The molecule has 0 saturated carbocycles. The van der Waals surface area contributed by atoms with Crippen molar-refractivity contribution in [2.24, 2.45) is 0 Å². The number of anilines is 1. The van der Waals surface area contributed by atoms with Gasteiger partial charge in [-0.05, 0) is 30.5 Å². The first kappa shape index (κ1) is 9.88. The molecule has 0 fully saturated rings. The van der Waals surface area contributed by atoms with Gasteiger partial charge in [0.15, 0.2) is 0 Å². The van der Waals surface area contributed by atoms with Gasteiger partial charge in [0.2, 0.25) is 0 Å². The lowest BCUT2D eigenvalue weighted by Gasteiger charge is -2.17. The molecule has 1 N–H and O–H groups in total. The third-order valence-electron chi connectivity index (χ3n) is 2.18. The van der Waals surface area contributed by atoms with Crippen molar-refractivity contribution >= 4 is 18.1 Å². The van der Waals surface area contributed by atoms with Crippen molar-refractivity contribution in [3.63, 3.8) is 0 Å². The maximum atomic E-state index is 8.66. The standard InChI is InChI=1S/C10H10N2.ClH/c11-7-8-3-4-9-2-1-5-12-10(9)6-8;/h3-4,6,12H,1-2,5H2;1H. The van der Waals surface area contributed by atoms with Gasteiger partial charge in [0.25, 0.3) is 0 Å². The summed E-state index contributed by atoms with van der Waals surface area (Å²) in [5.41, 5.74) is 3.21. The Labute approximate surface area is 84.0 Å². The molecule has 0 radical (unpaired) electrons. The molecule has 0 aromatic heterocycles. The van der Waals surface area contributed by atoms with E-state index in [9.17, 15) is 0 Å². The van der Waals surface area contributed by atoms with Crippen molar-refractivity contribution in [3.8, 4) is 6.07 Å². The molecule has 0 aliphatic carbocycles. The molecule has 1 aliphatic rings. The highest BCUT2D eigenvalue weighted by molar-refractivity contribution is 5.85. The van der Waals surface area contributed by atoms with Crippen LogP contribution in [0.2, 0.25) is 0 Å². The summed E-state index contributed by atoms with van der Waals surface area (Å²) in [4.78, 5) is 0. The third-order valence-corrected chi connectivity index (χ3v) is 2.18. The fourth-order valence-corrected chi connectivity index (χ4v) is 1.53. The zero-order valence-electron chi connectivity index (χ0n) is 7.21. The van der Waals surface area contributed by atoms with E-state index in [1.165, 1.54) is 12.0 Å². The van der Waals surface area contributed by atoms with Crippen LogP contribution < -0.4 is 5.32 Å². The van der Waals surface area contributed by atoms with Crippen LogP contribution in [0.3, 0.4) is 0 Å². The number of hydrogen-bond donors (Lipinski definition) is 1. The number of aryl methyl sites for hydroxylation is 1. The molecule has 0 spiro atoms. The summed E-state index contributed by atoms with van der Waals surface area (Å²) >= 11 is 0. The second-order valence-corrected chi connectivity index (χ2v) is 3.01. The normalized spacial score (nSPS) is 13.2. The largest absolute Gasteiger partial charge is 0.385 e. The second kappa shape index (κ2) is 4.15. The van der Waals surface area contributed by atoms with E-state index >= 15 is 0 Å². The zero-order valence-corrected chi connectivity index (χ0v) is 8.03. The van der Waals surface area contributed by atoms with E-state index < -0.39 is 0 Å². The van der Waals surface area contributed by atoms with Crippen molar-refractivity contribution < 1.29 is 0 Å². The van der Waals surface area contributed by atoms with E-state index in [4.69, 9.17) is 5.26 Å². The maximum Gasteiger partial charge on any atom is 0.0992 e. The monoisotopic (exact) mass is 194 g/mol. The van der Waals surface area contributed by atoms with Crippen molar-refractivity contribution in [2.45, 2.75) is 12.8 Å². The zero-order chi connectivity index (χ0) is 8.39. The molecule has 1 aromatic carbocycles. The Bertz CT molecular complexity index is 341. The number of halogens is 1. The van der Waals surface area contributed by atoms with Gasteiger partial charge < -0.3 is 5.32 Å². The molecular weight excluding hydrogens is 184 g/mol. The van der Waals surface area contributed by atoms with Crippen LogP contribution >= 0.6 is 12.4 Å². The van der Waals surface area contributed by atoms with Crippen LogP contribution in [0.15, 0.2) is 18.2 Å². The molecule has 13 heavy (non-hydrogen) atoms. The van der Waals surface area contributed by atoms with Crippen LogP contribution in [0.1, 0.15) is 17.5 Å². The van der Waals surface area contributed by atoms with Crippen LogP contribution in [0, 0.1) is 11.3 Å². The highest BCUT2D eigenvalue weighted by Crippen LogP contribution is 2.22. The second-order valence-electron chi connectivity index (χ2n) is 3.01. The SMILES string of the molecule is Cl.N#Cc1ccc2c(c1)NCCC2. The van der Waals surface area contributed by atoms with Gasteiger partial charge in [-0.1, -0.05) is 6.07 Å².